The van der Waals surface area contributed by atoms with Gasteiger partial charge in [-0.2, -0.15) is 0 Å². The normalized spacial score (nSPS) is 14.9. The Morgan fingerprint density at radius 3 is 3.10 bits per heavy atom. The third-order valence-corrected chi connectivity index (χ3v) is 5.03. The van der Waals surface area contributed by atoms with Crippen molar-refractivity contribution in [1.82, 2.24) is 10.3 Å². The Kier molecular flexibility index (Phi) is 3.57. The van der Waals surface area contributed by atoms with Gasteiger partial charge in [0, 0.05) is 21.8 Å². The summed E-state index contributed by atoms with van der Waals surface area (Å²) >= 11 is 5.17. The lowest BCUT2D eigenvalue weighted by Gasteiger charge is -1.98. The van der Waals surface area contributed by atoms with Crippen LogP contribution >= 0.6 is 27.3 Å². The Hall–Kier alpha value is -1.17. The lowest BCUT2D eigenvalue weighted by molar-refractivity contribution is 0.624. The predicted octanol–water partition coefficient (Wildman–Crippen LogP) is 4.82. The standard InChI is InChI=1S/C16H15BrN2OS/c17-12-3-4-14-11(5-12)6-15(20-14)13-9-21-16(19-13)8-18-7-10-1-2-10/h3-6,9-10,18H,1-2,7-8H2. The van der Waals surface area contributed by atoms with E-state index in [1.54, 1.807) is 11.3 Å². The molecule has 108 valence electrons. The molecule has 0 spiro atoms. The van der Waals surface area contributed by atoms with Crippen molar-refractivity contribution in [2.45, 2.75) is 19.4 Å². The number of nitrogens with zero attached hydrogens (tertiary/aromatic N) is 1. The zero-order valence-electron chi connectivity index (χ0n) is 11.4. The number of aromatic nitrogens is 1. The number of halogens is 1. The van der Waals surface area contributed by atoms with Crippen LogP contribution in [-0.4, -0.2) is 11.5 Å². The van der Waals surface area contributed by atoms with Gasteiger partial charge in [-0.25, -0.2) is 4.98 Å². The van der Waals surface area contributed by atoms with Gasteiger partial charge in [-0.15, -0.1) is 11.3 Å². The number of hydrogen-bond donors (Lipinski definition) is 1. The second kappa shape index (κ2) is 5.55. The van der Waals surface area contributed by atoms with Crippen LogP contribution < -0.4 is 5.32 Å². The van der Waals surface area contributed by atoms with E-state index in [4.69, 9.17) is 4.42 Å². The zero-order valence-corrected chi connectivity index (χ0v) is 13.8. The number of hydrogen-bond acceptors (Lipinski definition) is 4. The van der Waals surface area contributed by atoms with Gasteiger partial charge in [0.15, 0.2) is 5.76 Å². The molecule has 1 aromatic carbocycles. The minimum absolute atomic E-state index is 0.841. The molecule has 0 aliphatic heterocycles. The van der Waals surface area contributed by atoms with Crippen LogP contribution in [0.15, 0.2) is 38.5 Å². The van der Waals surface area contributed by atoms with E-state index in [1.807, 2.05) is 12.1 Å². The molecule has 4 rings (SSSR count). The highest BCUT2D eigenvalue weighted by atomic mass is 79.9. The maximum Gasteiger partial charge on any atom is 0.154 e. The smallest absolute Gasteiger partial charge is 0.154 e. The topological polar surface area (TPSA) is 38.1 Å². The van der Waals surface area contributed by atoms with Crippen LogP contribution in [0, 0.1) is 5.92 Å². The van der Waals surface area contributed by atoms with E-state index < -0.39 is 0 Å². The minimum Gasteiger partial charge on any atom is -0.454 e. The molecule has 21 heavy (non-hydrogen) atoms. The van der Waals surface area contributed by atoms with Gasteiger partial charge < -0.3 is 9.73 Å². The van der Waals surface area contributed by atoms with Crippen LogP contribution in [-0.2, 0) is 6.54 Å². The molecule has 1 aliphatic carbocycles. The summed E-state index contributed by atoms with van der Waals surface area (Å²) in [6.45, 7) is 1.97. The van der Waals surface area contributed by atoms with Crippen molar-refractivity contribution in [2.75, 3.05) is 6.54 Å². The molecular weight excluding hydrogens is 348 g/mol. The first-order valence-electron chi connectivity index (χ1n) is 7.12. The molecule has 0 atom stereocenters. The van der Waals surface area contributed by atoms with Gasteiger partial charge in [-0.3, -0.25) is 0 Å². The molecule has 2 aromatic heterocycles. The molecule has 5 heteroatoms. The zero-order chi connectivity index (χ0) is 14.2. The Bertz CT molecular complexity index is 776. The summed E-state index contributed by atoms with van der Waals surface area (Å²) in [6.07, 6.45) is 2.76. The maximum absolute atomic E-state index is 5.88. The van der Waals surface area contributed by atoms with Gasteiger partial charge >= 0.3 is 0 Å². The molecule has 2 heterocycles. The number of furan rings is 1. The summed E-state index contributed by atoms with van der Waals surface area (Å²) in [6, 6.07) is 8.08. The van der Waals surface area contributed by atoms with E-state index in [0.29, 0.717) is 0 Å². The SMILES string of the molecule is Brc1ccc2oc(-c3csc(CNCC4CC4)n3)cc2c1. The van der Waals surface area contributed by atoms with Crippen molar-refractivity contribution in [2.24, 2.45) is 5.92 Å². The molecule has 1 N–H and O–H groups in total. The molecule has 1 fully saturated rings. The van der Waals surface area contributed by atoms with Crippen LogP contribution in [0.3, 0.4) is 0 Å². The quantitative estimate of drug-likeness (QED) is 0.706. The fraction of sp³-hybridized carbons (Fsp3) is 0.312. The van der Waals surface area contributed by atoms with Crippen LogP contribution in [0.5, 0.6) is 0 Å². The molecular formula is C16H15BrN2OS. The van der Waals surface area contributed by atoms with Crippen molar-refractivity contribution in [3.05, 3.63) is 39.1 Å². The third-order valence-electron chi connectivity index (χ3n) is 3.69. The highest BCUT2D eigenvalue weighted by molar-refractivity contribution is 9.10. The van der Waals surface area contributed by atoms with Gasteiger partial charge in [0.1, 0.15) is 16.3 Å². The summed E-state index contributed by atoms with van der Waals surface area (Å²) in [5, 5.41) is 7.76. The fourth-order valence-corrected chi connectivity index (χ4v) is 3.48. The van der Waals surface area contributed by atoms with E-state index >= 15 is 0 Å². The molecule has 3 nitrogen and oxygen atoms in total. The molecule has 0 unspecified atom stereocenters. The summed E-state index contributed by atoms with van der Waals surface area (Å²) in [7, 11) is 0. The molecule has 1 aliphatic rings. The van der Waals surface area contributed by atoms with Crippen molar-refractivity contribution in [3.8, 4) is 11.5 Å². The van der Waals surface area contributed by atoms with E-state index in [-0.39, 0.29) is 0 Å². The van der Waals surface area contributed by atoms with E-state index in [0.717, 1.165) is 50.9 Å². The average Bonchev–Trinajstić information content (AvgIpc) is 3.00. The van der Waals surface area contributed by atoms with Gasteiger partial charge in [-0.05, 0) is 49.6 Å². The van der Waals surface area contributed by atoms with Crippen LogP contribution in [0.25, 0.3) is 22.4 Å². The Balaban J connectivity index is 1.52. The molecule has 0 radical (unpaired) electrons. The summed E-state index contributed by atoms with van der Waals surface area (Å²) < 4.78 is 6.94. The number of nitrogens with one attached hydrogen (secondary N) is 1. The van der Waals surface area contributed by atoms with Gasteiger partial charge in [0.05, 0.1) is 0 Å². The highest BCUT2D eigenvalue weighted by Gasteiger charge is 2.20. The van der Waals surface area contributed by atoms with Crippen molar-refractivity contribution < 1.29 is 4.42 Å². The summed E-state index contributed by atoms with van der Waals surface area (Å²) in [5.41, 5.74) is 1.82. The van der Waals surface area contributed by atoms with Crippen LogP contribution in [0.1, 0.15) is 17.8 Å². The lowest BCUT2D eigenvalue weighted by atomic mass is 10.2. The number of thiazole rings is 1. The monoisotopic (exact) mass is 362 g/mol. The first-order valence-corrected chi connectivity index (χ1v) is 8.80. The maximum atomic E-state index is 5.88. The second-order valence-corrected chi connectivity index (χ2v) is 7.35. The van der Waals surface area contributed by atoms with Crippen molar-refractivity contribution in [1.29, 1.82) is 0 Å². The van der Waals surface area contributed by atoms with Crippen molar-refractivity contribution in [3.63, 3.8) is 0 Å². The number of rotatable bonds is 5. The van der Waals surface area contributed by atoms with Crippen LogP contribution in [0.2, 0.25) is 0 Å². The Morgan fingerprint density at radius 1 is 1.33 bits per heavy atom. The molecule has 3 aromatic rings. The number of fused-ring (bicyclic) bond motifs is 1. The van der Waals surface area contributed by atoms with Crippen molar-refractivity contribution >= 4 is 38.2 Å². The first kappa shape index (κ1) is 13.5. The summed E-state index contributed by atoms with van der Waals surface area (Å²) in [4.78, 5) is 4.67. The number of benzene rings is 1. The fourth-order valence-electron chi connectivity index (χ4n) is 2.35. The molecule has 0 bridgehead atoms. The molecule has 0 saturated heterocycles. The first-order chi connectivity index (χ1) is 10.3. The van der Waals surface area contributed by atoms with Gasteiger partial charge in [0.25, 0.3) is 0 Å². The molecule has 1 saturated carbocycles. The lowest BCUT2D eigenvalue weighted by Crippen LogP contribution is -2.15. The van der Waals surface area contributed by atoms with Gasteiger partial charge in [-0.1, -0.05) is 15.9 Å². The van der Waals surface area contributed by atoms with E-state index in [1.165, 1.54) is 12.8 Å². The van der Waals surface area contributed by atoms with Gasteiger partial charge in [0.2, 0.25) is 0 Å². The minimum atomic E-state index is 0.841. The average molecular weight is 363 g/mol. The predicted molar refractivity (Wildman–Crippen MR) is 89.5 cm³/mol. The Morgan fingerprint density at radius 2 is 2.24 bits per heavy atom. The summed E-state index contributed by atoms with van der Waals surface area (Å²) in [5.74, 6) is 1.74. The Labute approximate surface area is 135 Å². The van der Waals surface area contributed by atoms with Crippen LogP contribution in [0.4, 0.5) is 0 Å². The van der Waals surface area contributed by atoms with E-state index in [9.17, 15) is 0 Å². The largest absolute Gasteiger partial charge is 0.454 e. The molecule has 0 amide bonds. The highest BCUT2D eigenvalue weighted by Crippen LogP contribution is 2.30. The second-order valence-electron chi connectivity index (χ2n) is 5.49. The third kappa shape index (κ3) is 3.05. The van der Waals surface area contributed by atoms with E-state index in [2.05, 4.69) is 43.7 Å².